The van der Waals surface area contributed by atoms with E-state index in [1.807, 2.05) is 6.08 Å². The highest BCUT2D eigenvalue weighted by Gasteiger charge is 2.51. The predicted molar refractivity (Wildman–Crippen MR) is 299 cm³/mol. The molecule has 2 saturated heterocycles. The summed E-state index contributed by atoms with van der Waals surface area (Å²) in [7, 11) is 0. The van der Waals surface area contributed by atoms with E-state index in [0.717, 1.165) is 109 Å². The molecule has 75 heavy (non-hydrogen) atoms. The van der Waals surface area contributed by atoms with E-state index in [1.54, 1.807) is 6.08 Å². The highest BCUT2D eigenvalue weighted by atomic mass is 16.7. The lowest BCUT2D eigenvalue weighted by Gasteiger charge is -2.46. The molecule has 0 aromatic heterocycles. The SMILES string of the molecule is CC/C=C\C/C=C\C/C=C\C/C=C\C/C=C\C/C=C\C/C=C\C/C=C\CCCCCCCCCCC(=O)NC(COC1OC(CO)C(OC2OC(CO)C(O)C(O)C2O)C(O)C1O)C(O)/C=C/CCCCCCCC. The van der Waals surface area contributed by atoms with Gasteiger partial charge in [0.1, 0.15) is 48.8 Å². The third-order valence-corrected chi connectivity index (χ3v) is 13.2. The van der Waals surface area contributed by atoms with Gasteiger partial charge in [0.2, 0.25) is 5.91 Å². The Morgan fingerprint density at radius 3 is 1.41 bits per heavy atom. The van der Waals surface area contributed by atoms with Gasteiger partial charge >= 0.3 is 0 Å². The number of aliphatic hydroxyl groups is 8. The number of carbonyl (C=O) groups excluding carboxylic acids is 1. The Balaban J connectivity index is 1.65. The highest BCUT2D eigenvalue weighted by molar-refractivity contribution is 5.76. The Kier molecular flexibility index (Phi) is 41.2. The first kappa shape index (κ1) is 67.8. The Morgan fingerprint density at radius 1 is 0.493 bits per heavy atom. The van der Waals surface area contributed by atoms with Gasteiger partial charge in [0.25, 0.3) is 0 Å². The van der Waals surface area contributed by atoms with E-state index >= 15 is 0 Å². The molecule has 2 heterocycles. The molecule has 12 unspecified atom stereocenters. The topological polar surface area (TPSA) is 228 Å². The van der Waals surface area contributed by atoms with Crippen LogP contribution in [0, 0.1) is 0 Å². The molecule has 0 bridgehead atoms. The standard InChI is InChI=1S/C61H101NO13/c1-3-5-7-9-11-13-14-15-16-17-18-19-20-21-22-23-24-25-26-27-28-29-30-31-32-33-34-35-36-37-39-41-43-45-53(66)62-49(50(65)44-42-40-38-12-10-8-6-4-2)48-72-60-58(71)56(69)59(52(47-64)74-60)75-61-57(70)55(68)54(67)51(46-63)73-61/h5,7,11,13,15-16,18-19,21-22,24-25,27-28,30-31,42,44,49-52,54-61,63-65,67-71H,3-4,6,8-10,12,14,17,20,23,26,29,32-41,43,45-48H2,1-2H3,(H,62,66)/b7-5-,13-11-,16-15-,19-18-,22-21-,25-24-,28-27-,31-30-,44-42+. The summed E-state index contributed by atoms with van der Waals surface area (Å²) in [4.78, 5) is 13.2. The number of hydrogen-bond donors (Lipinski definition) is 9. The maximum atomic E-state index is 13.2. The molecule has 0 aromatic carbocycles. The van der Waals surface area contributed by atoms with Crippen molar-refractivity contribution in [3.63, 3.8) is 0 Å². The van der Waals surface area contributed by atoms with Crippen molar-refractivity contribution in [1.82, 2.24) is 5.32 Å². The third kappa shape index (κ3) is 31.6. The minimum atomic E-state index is -1.79. The molecule has 14 nitrogen and oxygen atoms in total. The van der Waals surface area contributed by atoms with E-state index in [2.05, 4.69) is 116 Å². The average Bonchev–Trinajstić information content (AvgIpc) is 3.41. The molecule has 14 heteroatoms. The molecule has 2 rings (SSSR count). The van der Waals surface area contributed by atoms with Crippen LogP contribution in [0.4, 0.5) is 0 Å². The van der Waals surface area contributed by atoms with Crippen molar-refractivity contribution < 1.29 is 64.6 Å². The molecule has 0 saturated carbocycles. The van der Waals surface area contributed by atoms with Crippen LogP contribution in [0.1, 0.15) is 174 Å². The number of rotatable bonds is 43. The minimum absolute atomic E-state index is 0.258. The second kappa shape index (κ2) is 45.6. The van der Waals surface area contributed by atoms with Crippen LogP contribution in [0.5, 0.6) is 0 Å². The van der Waals surface area contributed by atoms with Gasteiger partial charge in [-0.1, -0.05) is 194 Å². The summed E-state index contributed by atoms with van der Waals surface area (Å²) in [5, 5.41) is 86.6. The van der Waals surface area contributed by atoms with Crippen molar-refractivity contribution in [2.75, 3.05) is 19.8 Å². The lowest BCUT2D eigenvalue weighted by atomic mass is 9.97. The molecule has 428 valence electrons. The Morgan fingerprint density at radius 2 is 0.920 bits per heavy atom. The van der Waals surface area contributed by atoms with Crippen LogP contribution in [0.3, 0.4) is 0 Å². The van der Waals surface area contributed by atoms with Crippen LogP contribution in [0.15, 0.2) is 109 Å². The fourth-order valence-electron chi connectivity index (χ4n) is 8.60. The molecule has 12 atom stereocenters. The molecule has 2 aliphatic rings. The lowest BCUT2D eigenvalue weighted by molar-refractivity contribution is -0.359. The number of allylic oxidation sites excluding steroid dienone is 17. The lowest BCUT2D eigenvalue weighted by Crippen LogP contribution is -2.65. The number of aliphatic hydroxyl groups excluding tert-OH is 8. The highest BCUT2D eigenvalue weighted by Crippen LogP contribution is 2.30. The fourth-order valence-corrected chi connectivity index (χ4v) is 8.60. The van der Waals surface area contributed by atoms with Crippen LogP contribution in [0.2, 0.25) is 0 Å². The summed E-state index contributed by atoms with van der Waals surface area (Å²) < 4.78 is 22.6. The van der Waals surface area contributed by atoms with E-state index in [4.69, 9.17) is 18.9 Å². The minimum Gasteiger partial charge on any atom is -0.394 e. The maximum absolute atomic E-state index is 13.2. The van der Waals surface area contributed by atoms with E-state index < -0.39 is 86.8 Å². The molecular formula is C61H101NO13. The van der Waals surface area contributed by atoms with E-state index in [-0.39, 0.29) is 18.9 Å². The number of ether oxygens (including phenoxy) is 4. The first-order valence-corrected chi connectivity index (χ1v) is 28.6. The summed E-state index contributed by atoms with van der Waals surface area (Å²) >= 11 is 0. The van der Waals surface area contributed by atoms with Gasteiger partial charge in [-0.05, 0) is 83.5 Å². The van der Waals surface area contributed by atoms with Crippen molar-refractivity contribution in [3.05, 3.63) is 109 Å². The molecule has 0 aliphatic carbocycles. The zero-order valence-electron chi connectivity index (χ0n) is 45.7. The molecule has 0 aromatic rings. The van der Waals surface area contributed by atoms with Gasteiger partial charge in [0.15, 0.2) is 12.6 Å². The zero-order valence-corrected chi connectivity index (χ0v) is 45.7. The van der Waals surface area contributed by atoms with Gasteiger partial charge < -0.3 is 65.1 Å². The largest absolute Gasteiger partial charge is 0.394 e. The van der Waals surface area contributed by atoms with Crippen LogP contribution < -0.4 is 5.32 Å². The Labute approximate surface area is 451 Å². The molecular weight excluding hydrogens is 955 g/mol. The normalized spacial score (nSPS) is 25.9. The zero-order chi connectivity index (χ0) is 54.6. The number of hydrogen-bond acceptors (Lipinski definition) is 13. The summed E-state index contributed by atoms with van der Waals surface area (Å²) in [5.74, 6) is -0.258. The number of unbranched alkanes of at least 4 members (excludes halogenated alkanes) is 14. The summed E-state index contributed by atoms with van der Waals surface area (Å²) in [6, 6.07) is -0.924. The van der Waals surface area contributed by atoms with Crippen LogP contribution >= 0.6 is 0 Å². The summed E-state index contributed by atoms with van der Waals surface area (Å²) in [6.07, 6.45) is 47.3. The fraction of sp³-hybridized carbons (Fsp3) is 0.689. The second-order valence-electron chi connectivity index (χ2n) is 19.7. The van der Waals surface area contributed by atoms with Crippen molar-refractivity contribution >= 4 is 5.91 Å². The van der Waals surface area contributed by atoms with Gasteiger partial charge in [-0.2, -0.15) is 0 Å². The molecule has 0 radical (unpaired) electrons. The quantitative estimate of drug-likeness (QED) is 0.0205. The smallest absolute Gasteiger partial charge is 0.220 e. The van der Waals surface area contributed by atoms with E-state index in [0.29, 0.717) is 6.42 Å². The van der Waals surface area contributed by atoms with Crippen LogP contribution in [-0.2, 0) is 23.7 Å². The maximum Gasteiger partial charge on any atom is 0.220 e. The van der Waals surface area contributed by atoms with Crippen molar-refractivity contribution in [1.29, 1.82) is 0 Å². The molecule has 9 N–H and O–H groups in total. The van der Waals surface area contributed by atoms with Gasteiger partial charge in [0, 0.05) is 6.42 Å². The van der Waals surface area contributed by atoms with Gasteiger partial charge in [0.05, 0.1) is 32.0 Å². The van der Waals surface area contributed by atoms with E-state index in [1.165, 1.54) is 38.5 Å². The van der Waals surface area contributed by atoms with Gasteiger partial charge in [-0.25, -0.2) is 0 Å². The molecule has 2 fully saturated rings. The van der Waals surface area contributed by atoms with Crippen LogP contribution in [0.25, 0.3) is 0 Å². The Bertz CT molecular complexity index is 1670. The van der Waals surface area contributed by atoms with Crippen molar-refractivity contribution in [2.45, 2.75) is 248 Å². The summed E-state index contributed by atoms with van der Waals surface area (Å²) in [6.45, 7) is 2.59. The summed E-state index contributed by atoms with van der Waals surface area (Å²) in [5.41, 5.74) is 0. The van der Waals surface area contributed by atoms with Gasteiger partial charge in [-0.15, -0.1) is 0 Å². The number of carbonyl (C=O) groups is 1. The van der Waals surface area contributed by atoms with Crippen LogP contribution in [-0.4, -0.2) is 140 Å². The molecule has 1 amide bonds. The van der Waals surface area contributed by atoms with Crippen molar-refractivity contribution in [2.24, 2.45) is 0 Å². The third-order valence-electron chi connectivity index (χ3n) is 13.2. The molecule has 0 spiro atoms. The first-order chi connectivity index (χ1) is 36.6. The average molecular weight is 1060 g/mol. The van der Waals surface area contributed by atoms with Gasteiger partial charge in [-0.3, -0.25) is 4.79 Å². The van der Waals surface area contributed by atoms with E-state index in [9.17, 15) is 45.6 Å². The second-order valence-corrected chi connectivity index (χ2v) is 19.7. The van der Waals surface area contributed by atoms with Crippen molar-refractivity contribution in [3.8, 4) is 0 Å². The predicted octanol–water partition coefficient (Wildman–Crippen LogP) is 9.27. The first-order valence-electron chi connectivity index (χ1n) is 28.6. The number of nitrogens with one attached hydrogen (secondary N) is 1. The monoisotopic (exact) mass is 1060 g/mol. The molecule has 2 aliphatic heterocycles. The Hall–Kier alpha value is -3.35. The number of amides is 1.